The maximum absolute atomic E-state index is 11.8. The van der Waals surface area contributed by atoms with E-state index < -0.39 is 11.7 Å². The smallest absolute Gasteiger partial charge is 0.407 e. The standard InChI is InChI=1S/C20H25NO3/c1-14-8-9-15(12-21-19(23)24-20(2,3)4)11-18(14)17-7-5-6-16(10-17)13-22/h5-11,22H,12-13H2,1-4H3,(H,21,23). The van der Waals surface area contributed by atoms with Gasteiger partial charge < -0.3 is 15.2 Å². The van der Waals surface area contributed by atoms with Crippen LogP contribution < -0.4 is 5.32 Å². The Kier molecular flexibility index (Phi) is 5.62. The van der Waals surface area contributed by atoms with E-state index in [9.17, 15) is 9.90 Å². The summed E-state index contributed by atoms with van der Waals surface area (Å²) in [4.78, 5) is 11.8. The highest BCUT2D eigenvalue weighted by Crippen LogP contribution is 2.25. The molecule has 0 bridgehead atoms. The molecule has 2 N–H and O–H groups in total. The van der Waals surface area contributed by atoms with Gasteiger partial charge in [-0.2, -0.15) is 0 Å². The van der Waals surface area contributed by atoms with Crippen LogP contribution in [0, 0.1) is 6.92 Å². The lowest BCUT2D eigenvalue weighted by molar-refractivity contribution is 0.0523. The van der Waals surface area contributed by atoms with Crippen molar-refractivity contribution in [2.24, 2.45) is 0 Å². The number of ether oxygens (including phenoxy) is 1. The largest absolute Gasteiger partial charge is 0.444 e. The van der Waals surface area contributed by atoms with Crippen molar-refractivity contribution in [1.29, 1.82) is 0 Å². The first-order chi connectivity index (χ1) is 11.3. The normalized spacial score (nSPS) is 11.2. The molecule has 2 aromatic rings. The molecule has 0 aliphatic carbocycles. The van der Waals surface area contributed by atoms with E-state index in [0.29, 0.717) is 6.54 Å². The minimum Gasteiger partial charge on any atom is -0.444 e. The van der Waals surface area contributed by atoms with Crippen molar-refractivity contribution >= 4 is 6.09 Å². The number of carbonyl (C=O) groups excluding carboxylic acids is 1. The van der Waals surface area contributed by atoms with Crippen LogP contribution in [0.1, 0.15) is 37.5 Å². The number of alkyl carbamates (subject to hydrolysis) is 1. The number of rotatable bonds is 4. The summed E-state index contributed by atoms with van der Waals surface area (Å²) in [5, 5.41) is 12.1. The number of hydrogen-bond donors (Lipinski definition) is 2. The minimum atomic E-state index is -0.507. The van der Waals surface area contributed by atoms with Gasteiger partial charge in [0.05, 0.1) is 6.61 Å². The Bertz CT molecular complexity index is 717. The zero-order valence-electron chi connectivity index (χ0n) is 14.7. The van der Waals surface area contributed by atoms with Crippen LogP contribution in [0.5, 0.6) is 0 Å². The van der Waals surface area contributed by atoms with Gasteiger partial charge in [0.15, 0.2) is 0 Å². The Balaban J connectivity index is 2.15. The molecule has 1 amide bonds. The molecule has 128 valence electrons. The summed E-state index contributed by atoms with van der Waals surface area (Å²) >= 11 is 0. The Hall–Kier alpha value is -2.33. The van der Waals surface area contributed by atoms with Crippen LogP contribution in [0.4, 0.5) is 4.79 Å². The molecule has 2 aromatic carbocycles. The number of carbonyl (C=O) groups is 1. The molecule has 0 unspecified atom stereocenters. The van der Waals surface area contributed by atoms with Crippen LogP contribution in [0.3, 0.4) is 0 Å². The molecule has 0 aliphatic heterocycles. The van der Waals surface area contributed by atoms with E-state index in [4.69, 9.17) is 4.74 Å². The van der Waals surface area contributed by atoms with E-state index in [1.54, 1.807) is 0 Å². The first kappa shape index (κ1) is 18.0. The van der Waals surface area contributed by atoms with Crippen molar-refractivity contribution in [2.75, 3.05) is 0 Å². The average Bonchev–Trinajstić information content (AvgIpc) is 2.52. The van der Waals surface area contributed by atoms with Gasteiger partial charge in [0.1, 0.15) is 5.60 Å². The quantitative estimate of drug-likeness (QED) is 0.885. The molecular weight excluding hydrogens is 302 g/mol. The van der Waals surface area contributed by atoms with Crippen molar-refractivity contribution in [2.45, 2.75) is 46.4 Å². The minimum absolute atomic E-state index is 0.0206. The summed E-state index contributed by atoms with van der Waals surface area (Å²) in [6.45, 7) is 7.99. The van der Waals surface area contributed by atoms with Gasteiger partial charge in [0, 0.05) is 6.54 Å². The summed E-state index contributed by atoms with van der Waals surface area (Å²) < 4.78 is 5.25. The van der Waals surface area contributed by atoms with Crippen molar-refractivity contribution in [3.05, 3.63) is 59.2 Å². The average molecular weight is 327 g/mol. The highest BCUT2D eigenvalue weighted by Gasteiger charge is 2.15. The van der Waals surface area contributed by atoms with Gasteiger partial charge in [-0.3, -0.25) is 0 Å². The van der Waals surface area contributed by atoms with E-state index in [-0.39, 0.29) is 6.61 Å². The summed E-state index contributed by atoms with van der Waals surface area (Å²) in [6, 6.07) is 13.9. The second-order valence-electron chi connectivity index (χ2n) is 6.86. The van der Waals surface area contributed by atoms with Crippen LogP contribution >= 0.6 is 0 Å². The number of benzene rings is 2. The number of amides is 1. The monoisotopic (exact) mass is 327 g/mol. The maximum Gasteiger partial charge on any atom is 0.407 e. The van der Waals surface area contributed by atoms with E-state index >= 15 is 0 Å². The van der Waals surface area contributed by atoms with Gasteiger partial charge in [-0.25, -0.2) is 4.79 Å². The van der Waals surface area contributed by atoms with Crippen molar-refractivity contribution < 1.29 is 14.6 Å². The second kappa shape index (κ2) is 7.49. The molecule has 4 heteroatoms. The molecule has 0 spiro atoms. The van der Waals surface area contributed by atoms with Crippen molar-refractivity contribution in [1.82, 2.24) is 5.32 Å². The van der Waals surface area contributed by atoms with Crippen LogP contribution in [-0.2, 0) is 17.9 Å². The number of nitrogens with one attached hydrogen (secondary N) is 1. The van der Waals surface area contributed by atoms with Crippen LogP contribution in [-0.4, -0.2) is 16.8 Å². The molecule has 0 atom stereocenters. The molecular formula is C20H25NO3. The Labute approximate surface area is 143 Å². The molecule has 2 rings (SSSR count). The number of aliphatic hydroxyl groups excluding tert-OH is 1. The predicted octanol–water partition coefficient (Wildman–Crippen LogP) is 4.18. The third-order valence-electron chi connectivity index (χ3n) is 3.56. The highest BCUT2D eigenvalue weighted by molar-refractivity contribution is 5.70. The molecule has 0 saturated carbocycles. The van der Waals surface area contributed by atoms with Crippen molar-refractivity contribution in [3.63, 3.8) is 0 Å². The van der Waals surface area contributed by atoms with Crippen molar-refractivity contribution in [3.8, 4) is 11.1 Å². The van der Waals surface area contributed by atoms with E-state index in [1.165, 1.54) is 0 Å². The number of aryl methyl sites for hydroxylation is 1. The molecule has 24 heavy (non-hydrogen) atoms. The predicted molar refractivity (Wildman–Crippen MR) is 95.6 cm³/mol. The first-order valence-corrected chi connectivity index (χ1v) is 8.05. The Morgan fingerprint density at radius 2 is 1.88 bits per heavy atom. The van der Waals surface area contributed by atoms with Gasteiger partial charge in [-0.05, 0) is 67.6 Å². The molecule has 0 radical (unpaired) electrons. The number of aliphatic hydroxyl groups is 1. The Morgan fingerprint density at radius 3 is 2.54 bits per heavy atom. The molecule has 0 fully saturated rings. The Morgan fingerprint density at radius 1 is 1.12 bits per heavy atom. The zero-order valence-corrected chi connectivity index (χ0v) is 14.7. The van der Waals surface area contributed by atoms with E-state index in [0.717, 1.165) is 27.8 Å². The zero-order chi connectivity index (χ0) is 17.7. The topological polar surface area (TPSA) is 58.6 Å². The van der Waals surface area contributed by atoms with Crippen LogP contribution in [0.15, 0.2) is 42.5 Å². The third kappa shape index (κ3) is 5.10. The summed E-state index contributed by atoms with van der Waals surface area (Å²) in [5.41, 5.74) is 4.66. The second-order valence-corrected chi connectivity index (χ2v) is 6.86. The van der Waals surface area contributed by atoms with Gasteiger partial charge in [-0.1, -0.05) is 30.3 Å². The lowest BCUT2D eigenvalue weighted by Crippen LogP contribution is -2.32. The maximum atomic E-state index is 11.8. The van der Waals surface area contributed by atoms with E-state index in [1.807, 2.05) is 64.1 Å². The first-order valence-electron chi connectivity index (χ1n) is 8.05. The van der Waals surface area contributed by atoms with Gasteiger partial charge in [0.25, 0.3) is 0 Å². The molecule has 0 aromatic heterocycles. The fourth-order valence-corrected chi connectivity index (χ4v) is 2.42. The molecule has 0 saturated heterocycles. The third-order valence-corrected chi connectivity index (χ3v) is 3.56. The lowest BCUT2D eigenvalue weighted by atomic mass is 9.97. The molecule has 0 aliphatic rings. The molecule has 0 heterocycles. The van der Waals surface area contributed by atoms with Gasteiger partial charge in [0.2, 0.25) is 0 Å². The highest BCUT2D eigenvalue weighted by atomic mass is 16.6. The summed E-state index contributed by atoms with van der Waals surface area (Å²) in [6.07, 6.45) is -0.424. The SMILES string of the molecule is Cc1ccc(CNC(=O)OC(C)(C)C)cc1-c1cccc(CO)c1. The summed E-state index contributed by atoms with van der Waals surface area (Å²) in [5.74, 6) is 0. The fourth-order valence-electron chi connectivity index (χ4n) is 2.42. The number of hydrogen-bond acceptors (Lipinski definition) is 3. The fraction of sp³-hybridized carbons (Fsp3) is 0.350. The van der Waals surface area contributed by atoms with Gasteiger partial charge >= 0.3 is 6.09 Å². The van der Waals surface area contributed by atoms with Gasteiger partial charge in [-0.15, -0.1) is 0 Å². The lowest BCUT2D eigenvalue weighted by Gasteiger charge is -2.19. The summed E-state index contributed by atoms with van der Waals surface area (Å²) in [7, 11) is 0. The molecule has 4 nitrogen and oxygen atoms in total. The van der Waals surface area contributed by atoms with Crippen LogP contribution in [0.2, 0.25) is 0 Å². The van der Waals surface area contributed by atoms with Crippen LogP contribution in [0.25, 0.3) is 11.1 Å². The van der Waals surface area contributed by atoms with E-state index in [2.05, 4.69) is 11.4 Å².